The maximum absolute atomic E-state index is 14.2. The van der Waals surface area contributed by atoms with E-state index in [-0.39, 0.29) is 8.80 Å². The zero-order chi connectivity index (χ0) is 26.0. The van der Waals surface area contributed by atoms with Crippen molar-refractivity contribution in [3.63, 3.8) is 0 Å². The van der Waals surface area contributed by atoms with E-state index >= 15 is 0 Å². The highest BCUT2D eigenvalue weighted by atomic mass is 28.3. The molecule has 7 heteroatoms. The molecule has 0 spiro atoms. The fourth-order valence-corrected chi connectivity index (χ4v) is 9.22. The van der Waals surface area contributed by atoms with Gasteiger partial charge in [0.05, 0.1) is 0 Å². The Morgan fingerprint density at radius 2 is 1.64 bits per heavy atom. The van der Waals surface area contributed by atoms with Crippen molar-refractivity contribution in [1.82, 2.24) is 0 Å². The lowest BCUT2D eigenvalue weighted by Crippen LogP contribution is -2.33. The van der Waals surface area contributed by atoms with Crippen molar-refractivity contribution in [3.05, 3.63) is 29.6 Å². The predicted molar refractivity (Wildman–Crippen MR) is 138 cm³/mol. The summed E-state index contributed by atoms with van der Waals surface area (Å²) in [5, 5.41) is 0. The number of ether oxygens (including phenoxy) is 1. The van der Waals surface area contributed by atoms with Gasteiger partial charge in [-0.3, -0.25) is 0 Å². The SMILES string of the molecule is CCCCC[Si]1CCC(C2CCC(CCCCc3ccc(OCC(F)(F)C(F)F)c(F)c3)CC2)CC1. The van der Waals surface area contributed by atoms with Crippen molar-refractivity contribution in [2.45, 2.75) is 121 Å². The molecule has 0 N–H and O–H groups in total. The number of unbranched alkanes of at least 4 members (excludes halogenated alkanes) is 3. The third kappa shape index (κ3) is 9.32. The van der Waals surface area contributed by atoms with Crippen LogP contribution in [0.15, 0.2) is 18.2 Å². The van der Waals surface area contributed by atoms with E-state index in [0.29, 0.717) is 6.42 Å². The van der Waals surface area contributed by atoms with Crippen LogP contribution < -0.4 is 4.74 Å². The highest BCUT2D eigenvalue weighted by Gasteiger charge is 2.42. The standard InChI is InChI=1S/C29H44F5OSi/c1-2-3-6-17-36-18-15-25(16-19-36)24-12-9-22(10-13-24)7-4-5-8-23-11-14-27(26(30)20-23)35-21-29(33,34)28(31)32/h11,14,20,22,24-25,28H,2-10,12-13,15-19,21H2,1H3. The van der Waals surface area contributed by atoms with Gasteiger partial charge in [0, 0.05) is 8.80 Å². The number of alkyl halides is 4. The number of hydrogen-bond acceptors (Lipinski definition) is 1. The highest BCUT2D eigenvalue weighted by Crippen LogP contribution is 2.42. The minimum absolute atomic E-state index is 0.0437. The van der Waals surface area contributed by atoms with Gasteiger partial charge in [0.1, 0.15) is 0 Å². The molecule has 3 rings (SSSR count). The van der Waals surface area contributed by atoms with E-state index in [4.69, 9.17) is 0 Å². The maximum atomic E-state index is 14.2. The van der Waals surface area contributed by atoms with Crippen LogP contribution in [0.2, 0.25) is 18.1 Å². The van der Waals surface area contributed by atoms with Crippen molar-refractivity contribution in [2.75, 3.05) is 6.61 Å². The maximum Gasteiger partial charge on any atom is 0.340 e. The van der Waals surface area contributed by atoms with E-state index in [1.54, 1.807) is 24.2 Å². The van der Waals surface area contributed by atoms with E-state index in [0.717, 1.165) is 36.2 Å². The second kappa shape index (κ2) is 14.7. The first-order chi connectivity index (χ1) is 17.3. The molecule has 2 fully saturated rings. The first-order valence-corrected chi connectivity index (χ1v) is 16.3. The van der Waals surface area contributed by atoms with Gasteiger partial charge in [0.25, 0.3) is 0 Å². The lowest BCUT2D eigenvalue weighted by molar-refractivity contribution is -0.148. The van der Waals surface area contributed by atoms with Crippen LogP contribution in [0.3, 0.4) is 0 Å². The Bertz CT molecular complexity index is 758. The molecule has 1 saturated carbocycles. The van der Waals surface area contributed by atoms with Gasteiger partial charge in [-0.25, -0.2) is 13.2 Å². The van der Waals surface area contributed by atoms with Gasteiger partial charge in [-0.05, 0) is 61.1 Å². The highest BCUT2D eigenvalue weighted by molar-refractivity contribution is 6.58. The Kier molecular flexibility index (Phi) is 12.0. The van der Waals surface area contributed by atoms with E-state index in [9.17, 15) is 22.0 Å². The van der Waals surface area contributed by atoms with Crippen LogP contribution in [0, 0.1) is 23.6 Å². The monoisotopic (exact) mass is 531 g/mol. The molecule has 205 valence electrons. The molecule has 36 heavy (non-hydrogen) atoms. The molecule has 2 aliphatic rings. The minimum atomic E-state index is -4.29. The Morgan fingerprint density at radius 1 is 0.944 bits per heavy atom. The van der Waals surface area contributed by atoms with Gasteiger partial charge < -0.3 is 4.74 Å². The molecule has 1 nitrogen and oxygen atoms in total. The Balaban J connectivity index is 1.28. The first-order valence-electron chi connectivity index (χ1n) is 14.2. The van der Waals surface area contributed by atoms with Crippen molar-refractivity contribution in [2.24, 2.45) is 17.8 Å². The smallest absolute Gasteiger partial charge is 0.340 e. The molecule has 0 bridgehead atoms. The average Bonchev–Trinajstić information content (AvgIpc) is 2.87. The van der Waals surface area contributed by atoms with Crippen LogP contribution in [-0.4, -0.2) is 27.8 Å². The van der Waals surface area contributed by atoms with E-state index in [2.05, 4.69) is 11.7 Å². The summed E-state index contributed by atoms with van der Waals surface area (Å²) in [5.74, 6) is -2.75. The third-order valence-corrected chi connectivity index (χ3v) is 11.5. The van der Waals surface area contributed by atoms with Crippen LogP contribution >= 0.6 is 0 Å². The van der Waals surface area contributed by atoms with E-state index in [1.165, 1.54) is 76.3 Å². The Morgan fingerprint density at radius 3 is 2.28 bits per heavy atom. The molecule has 1 aromatic carbocycles. The number of rotatable bonds is 14. The lowest BCUT2D eigenvalue weighted by atomic mass is 9.73. The van der Waals surface area contributed by atoms with E-state index < -0.39 is 30.5 Å². The minimum Gasteiger partial charge on any atom is -0.484 e. The Labute approximate surface area is 216 Å². The molecular formula is C29H44F5OSi. The van der Waals surface area contributed by atoms with Gasteiger partial charge in [-0.2, -0.15) is 8.78 Å². The van der Waals surface area contributed by atoms with Gasteiger partial charge in [0.15, 0.2) is 18.2 Å². The predicted octanol–water partition coefficient (Wildman–Crippen LogP) is 9.72. The topological polar surface area (TPSA) is 9.23 Å². The van der Waals surface area contributed by atoms with E-state index in [1.807, 2.05) is 0 Å². The number of hydrogen-bond donors (Lipinski definition) is 0. The van der Waals surface area contributed by atoms with Crippen molar-refractivity contribution in [3.8, 4) is 5.75 Å². The molecule has 0 aromatic heterocycles. The van der Waals surface area contributed by atoms with Crippen LogP contribution in [0.4, 0.5) is 22.0 Å². The summed E-state index contributed by atoms with van der Waals surface area (Å²) in [6.07, 6.45) is 12.8. The van der Waals surface area contributed by atoms with Gasteiger partial charge in [-0.1, -0.05) is 88.9 Å². The summed E-state index contributed by atoms with van der Waals surface area (Å²) in [7, 11) is -0.0437. The number of aryl methyl sites for hydroxylation is 1. The van der Waals surface area contributed by atoms with Gasteiger partial charge in [0.2, 0.25) is 0 Å². The first kappa shape index (κ1) is 29.4. The van der Waals surface area contributed by atoms with Crippen molar-refractivity contribution in [1.29, 1.82) is 0 Å². The molecule has 1 aromatic rings. The molecule has 0 amide bonds. The summed E-state index contributed by atoms with van der Waals surface area (Å²) < 4.78 is 69.2. The summed E-state index contributed by atoms with van der Waals surface area (Å²) in [5.41, 5.74) is 0.775. The molecule has 1 radical (unpaired) electrons. The lowest BCUT2D eigenvalue weighted by Gasteiger charge is -2.37. The van der Waals surface area contributed by atoms with Crippen LogP contribution in [0.25, 0.3) is 0 Å². The summed E-state index contributed by atoms with van der Waals surface area (Å²) in [6.45, 7) is 0.756. The summed E-state index contributed by atoms with van der Waals surface area (Å²) in [4.78, 5) is 0. The van der Waals surface area contributed by atoms with Crippen LogP contribution in [0.5, 0.6) is 5.75 Å². The normalized spacial score (nSPS) is 22.3. The molecule has 0 atom stereocenters. The zero-order valence-corrected chi connectivity index (χ0v) is 22.9. The van der Waals surface area contributed by atoms with Crippen LogP contribution in [-0.2, 0) is 6.42 Å². The molecule has 0 unspecified atom stereocenters. The molecule has 1 aliphatic heterocycles. The summed E-state index contributed by atoms with van der Waals surface area (Å²) >= 11 is 0. The third-order valence-electron chi connectivity index (χ3n) is 8.49. The van der Waals surface area contributed by atoms with Crippen molar-refractivity contribution < 1.29 is 26.7 Å². The quantitative estimate of drug-likeness (QED) is 0.132. The van der Waals surface area contributed by atoms with Gasteiger partial charge in [-0.15, -0.1) is 0 Å². The fraction of sp³-hybridized carbons (Fsp3) is 0.793. The molecule has 1 aliphatic carbocycles. The van der Waals surface area contributed by atoms with Gasteiger partial charge >= 0.3 is 12.3 Å². The van der Waals surface area contributed by atoms with Crippen molar-refractivity contribution >= 4 is 8.80 Å². The van der Waals surface area contributed by atoms with Crippen LogP contribution in [0.1, 0.15) is 89.5 Å². The second-order valence-electron chi connectivity index (χ2n) is 11.2. The summed E-state index contributed by atoms with van der Waals surface area (Å²) in [6, 6.07) is 8.80. The molecule has 1 saturated heterocycles. The Hall–Kier alpha value is -1.11. The average molecular weight is 532 g/mol. The number of halogens is 5. The number of benzene rings is 1. The zero-order valence-electron chi connectivity index (χ0n) is 21.9. The largest absolute Gasteiger partial charge is 0.484 e. The fourth-order valence-electron chi connectivity index (χ4n) is 6.16. The molecular weight excluding hydrogens is 487 g/mol. The molecule has 1 heterocycles. The second-order valence-corrected chi connectivity index (χ2v) is 14.2.